The van der Waals surface area contributed by atoms with Crippen molar-refractivity contribution in [3.63, 3.8) is 0 Å². The van der Waals surface area contributed by atoms with Gasteiger partial charge < -0.3 is 4.79 Å². The topological polar surface area (TPSA) is 17.1 Å². The number of carbonyl (C=O) groups is 1. The number of rotatable bonds is 3. The summed E-state index contributed by atoms with van der Waals surface area (Å²) in [6, 6.07) is 0. The van der Waals surface area contributed by atoms with Crippen molar-refractivity contribution in [1.82, 2.24) is 0 Å². The lowest BCUT2D eigenvalue weighted by atomic mass is 10.2. The van der Waals surface area contributed by atoms with E-state index >= 15 is 0 Å². The van der Waals surface area contributed by atoms with Crippen LogP contribution in [0, 0.1) is 11.8 Å². The highest BCUT2D eigenvalue weighted by Gasteiger charge is 2.35. The average molecular weight is 112 g/mol. The van der Waals surface area contributed by atoms with Crippen molar-refractivity contribution in [2.75, 3.05) is 0 Å². The SMILES string of the molecule is CCC[C@H]1C[C@H]1C=O. The molecule has 46 valence electrons. The molecule has 0 amide bonds. The molecule has 0 aromatic carbocycles. The Morgan fingerprint density at radius 2 is 2.50 bits per heavy atom. The van der Waals surface area contributed by atoms with Gasteiger partial charge in [-0.3, -0.25) is 0 Å². The van der Waals surface area contributed by atoms with Crippen LogP contribution in [0.15, 0.2) is 0 Å². The number of hydrogen-bond donors (Lipinski definition) is 0. The predicted molar refractivity (Wildman–Crippen MR) is 32.6 cm³/mol. The molecule has 0 aromatic rings. The lowest BCUT2D eigenvalue weighted by Gasteiger charge is -1.86. The summed E-state index contributed by atoms with van der Waals surface area (Å²) in [6.07, 6.45) is 4.75. The molecule has 0 unspecified atom stereocenters. The van der Waals surface area contributed by atoms with Gasteiger partial charge in [-0.05, 0) is 12.3 Å². The minimum absolute atomic E-state index is 0.440. The van der Waals surface area contributed by atoms with E-state index in [1.807, 2.05) is 0 Å². The lowest BCUT2D eigenvalue weighted by Crippen LogP contribution is -1.81. The van der Waals surface area contributed by atoms with Crippen molar-refractivity contribution < 1.29 is 4.79 Å². The largest absolute Gasteiger partial charge is 0.303 e. The summed E-state index contributed by atoms with van der Waals surface area (Å²) in [7, 11) is 0. The molecule has 1 fully saturated rings. The third kappa shape index (κ3) is 1.09. The second-order valence-corrected chi connectivity index (χ2v) is 2.58. The molecule has 0 radical (unpaired) electrons. The quantitative estimate of drug-likeness (QED) is 0.507. The van der Waals surface area contributed by atoms with Crippen LogP contribution in [0.4, 0.5) is 0 Å². The highest BCUT2D eigenvalue weighted by atomic mass is 16.1. The zero-order valence-electron chi connectivity index (χ0n) is 5.26. The van der Waals surface area contributed by atoms with Gasteiger partial charge in [-0.15, -0.1) is 0 Å². The Bertz CT molecular complexity index is 88.4. The highest BCUT2D eigenvalue weighted by molar-refractivity contribution is 5.58. The molecule has 1 heteroatoms. The summed E-state index contributed by atoms with van der Waals surface area (Å²) >= 11 is 0. The zero-order valence-corrected chi connectivity index (χ0v) is 5.26. The molecule has 0 bridgehead atoms. The minimum atomic E-state index is 0.440. The minimum Gasteiger partial charge on any atom is -0.303 e. The maximum absolute atomic E-state index is 10.1. The first kappa shape index (κ1) is 5.80. The van der Waals surface area contributed by atoms with E-state index in [1.165, 1.54) is 12.8 Å². The van der Waals surface area contributed by atoms with E-state index < -0.39 is 0 Å². The third-order valence-corrected chi connectivity index (χ3v) is 1.81. The van der Waals surface area contributed by atoms with E-state index in [1.54, 1.807) is 0 Å². The molecule has 0 saturated heterocycles. The Morgan fingerprint density at radius 1 is 1.75 bits per heavy atom. The summed E-state index contributed by atoms with van der Waals surface area (Å²) in [5.74, 6) is 1.20. The van der Waals surface area contributed by atoms with Gasteiger partial charge in [0, 0.05) is 5.92 Å². The number of aldehydes is 1. The Hall–Kier alpha value is -0.330. The van der Waals surface area contributed by atoms with Crippen LogP contribution in [0.25, 0.3) is 0 Å². The first-order valence-electron chi connectivity index (χ1n) is 3.33. The number of carbonyl (C=O) groups excluding carboxylic acids is 1. The summed E-state index contributed by atoms with van der Waals surface area (Å²) in [5, 5.41) is 0. The Kier molecular flexibility index (Phi) is 1.66. The number of hydrogen-bond acceptors (Lipinski definition) is 1. The lowest BCUT2D eigenvalue weighted by molar-refractivity contribution is -0.109. The molecule has 1 nitrogen and oxygen atoms in total. The fraction of sp³-hybridized carbons (Fsp3) is 0.857. The van der Waals surface area contributed by atoms with Crippen molar-refractivity contribution in [3.8, 4) is 0 Å². The normalized spacial score (nSPS) is 34.6. The van der Waals surface area contributed by atoms with Crippen LogP contribution < -0.4 is 0 Å². The van der Waals surface area contributed by atoms with E-state index in [0.29, 0.717) is 5.92 Å². The molecule has 1 aliphatic rings. The second-order valence-electron chi connectivity index (χ2n) is 2.58. The van der Waals surface area contributed by atoms with Crippen molar-refractivity contribution >= 4 is 6.29 Å². The third-order valence-electron chi connectivity index (χ3n) is 1.81. The van der Waals surface area contributed by atoms with Crippen LogP contribution in [-0.2, 0) is 4.79 Å². The molecule has 0 spiro atoms. The maximum atomic E-state index is 10.1. The van der Waals surface area contributed by atoms with Gasteiger partial charge in [0.2, 0.25) is 0 Å². The van der Waals surface area contributed by atoms with Crippen LogP contribution in [0.3, 0.4) is 0 Å². The molecule has 1 saturated carbocycles. The van der Waals surface area contributed by atoms with Crippen LogP contribution in [-0.4, -0.2) is 6.29 Å². The van der Waals surface area contributed by atoms with E-state index in [0.717, 1.165) is 18.6 Å². The second kappa shape index (κ2) is 2.29. The average Bonchev–Trinajstić information content (AvgIpc) is 2.48. The van der Waals surface area contributed by atoms with Crippen LogP contribution in [0.5, 0.6) is 0 Å². The van der Waals surface area contributed by atoms with E-state index in [9.17, 15) is 4.79 Å². The Labute approximate surface area is 50.1 Å². The van der Waals surface area contributed by atoms with Gasteiger partial charge in [0.1, 0.15) is 6.29 Å². The fourth-order valence-corrected chi connectivity index (χ4v) is 1.14. The fourth-order valence-electron chi connectivity index (χ4n) is 1.14. The molecule has 2 atom stereocenters. The first-order chi connectivity index (χ1) is 3.88. The maximum Gasteiger partial charge on any atom is 0.123 e. The molecule has 0 N–H and O–H groups in total. The van der Waals surface area contributed by atoms with Gasteiger partial charge >= 0.3 is 0 Å². The molecule has 1 rings (SSSR count). The van der Waals surface area contributed by atoms with E-state index in [4.69, 9.17) is 0 Å². The van der Waals surface area contributed by atoms with Gasteiger partial charge in [-0.25, -0.2) is 0 Å². The Balaban J connectivity index is 2.07. The van der Waals surface area contributed by atoms with Crippen molar-refractivity contribution in [1.29, 1.82) is 0 Å². The molecule has 1 aliphatic carbocycles. The summed E-state index contributed by atoms with van der Waals surface area (Å²) < 4.78 is 0. The van der Waals surface area contributed by atoms with Crippen LogP contribution >= 0.6 is 0 Å². The van der Waals surface area contributed by atoms with Crippen LogP contribution in [0.1, 0.15) is 26.2 Å². The van der Waals surface area contributed by atoms with Gasteiger partial charge in [0.25, 0.3) is 0 Å². The van der Waals surface area contributed by atoms with Gasteiger partial charge in [-0.1, -0.05) is 19.8 Å². The Morgan fingerprint density at radius 3 is 2.88 bits per heavy atom. The smallest absolute Gasteiger partial charge is 0.123 e. The first-order valence-corrected chi connectivity index (χ1v) is 3.33. The van der Waals surface area contributed by atoms with Crippen molar-refractivity contribution in [3.05, 3.63) is 0 Å². The monoisotopic (exact) mass is 112 g/mol. The predicted octanol–water partition coefficient (Wildman–Crippen LogP) is 1.62. The highest BCUT2D eigenvalue weighted by Crippen LogP contribution is 2.39. The molecular weight excluding hydrogens is 100 g/mol. The molecular formula is C7H12O. The molecule has 8 heavy (non-hydrogen) atoms. The van der Waals surface area contributed by atoms with Gasteiger partial charge in [0.15, 0.2) is 0 Å². The standard InChI is InChI=1S/C7H12O/c1-2-3-6-4-7(6)5-8/h5-7H,2-4H2,1H3/t6-,7-/m0/s1. The summed E-state index contributed by atoms with van der Waals surface area (Å²) in [6.45, 7) is 2.17. The van der Waals surface area contributed by atoms with Gasteiger partial charge in [0.05, 0.1) is 0 Å². The summed E-state index contributed by atoms with van der Waals surface area (Å²) in [4.78, 5) is 10.1. The van der Waals surface area contributed by atoms with E-state index in [-0.39, 0.29) is 0 Å². The zero-order chi connectivity index (χ0) is 5.98. The molecule has 0 heterocycles. The van der Waals surface area contributed by atoms with Gasteiger partial charge in [-0.2, -0.15) is 0 Å². The molecule has 0 aromatic heterocycles. The van der Waals surface area contributed by atoms with E-state index in [2.05, 4.69) is 6.92 Å². The molecule has 0 aliphatic heterocycles. The van der Waals surface area contributed by atoms with Crippen molar-refractivity contribution in [2.45, 2.75) is 26.2 Å². The van der Waals surface area contributed by atoms with Crippen LogP contribution in [0.2, 0.25) is 0 Å². The summed E-state index contributed by atoms with van der Waals surface area (Å²) in [5.41, 5.74) is 0. The van der Waals surface area contributed by atoms with Crippen molar-refractivity contribution in [2.24, 2.45) is 11.8 Å².